The fourth-order valence-electron chi connectivity index (χ4n) is 1.92. The third-order valence-electron chi connectivity index (χ3n) is 3.00. The second-order valence-corrected chi connectivity index (χ2v) is 4.46. The minimum Gasteiger partial charge on any atom is -0.465 e. The lowest BCUT2D eigenvalue weighted by Gasteiger charge is -2.09. The topological polar surface area (TPSA) is 58.6 Å². The largest absolute Gasteiger partial charge is 0.465 e. The van der Waals surface area contributed by atoms with Gasteiger partial charge in [0.05, 0.1) is 12.7 Å². The molecule has 0 aliphatic rings. The predicted octanol–water partition coefficient (Wildman–Crippen LogP) is 2.12. The number of hydrogen-bond donors (Lipinski definition) is 2. The van der Waals surface area contributed by atoms with Crippen LogP contribution in [0.3, 0.4) is 0 Å². The average molecular weight is 265 g/mol. The number of carbonyl (C=O) groups excluding carboxylic acids is 1. The quantitative estimate of drug-likeness (QED) is 0.530. The molecule has 0 spiro atoms. The summed E-state index contributed by atoms with van der Waals surface area (Å²) >= 11 is 0. The van der Waals surface area contributed by atoms with Crippen molar-refractivity contribution in [1.29, 1.82) is 0 Å². The molecule has 0 fully saturated rings. The molecule has 19 heavy (non-hydrogen) atoms. The van der Waals surface area contributed by atoms with Crippen molar-refractivity contribution in [2.24, 2.45) is 0 Å². The summed E-state index contributed by atoms with van der Waals surface area (Å²) in [6.07, 6.45) is 4.15. The zero-order valence-corrected chi connectivity index (χ0v) is 11.5. The second kappa shape index (κ2) is 9.53. The average Bonchev–Trinajstić information content (AvgIpc) is 2.46. The first-order valence-electron chi connectivity index (χ1n) is 6.77. The van der Waals surface area contributed by atoms with E-state index in [0.29, 0.717) is 12.1 Å². The van der Waals surface area contributed by atoms with Crippen LogP contribution in [0.25, 0.3) is 0 Å². The lowest BCUT2D eigenvalue weighted by molar-refractivity contribution is 0.0599. The standard InChI is InChI=1S/C15H23NO3/c1-19-15(18)14-9-5-4-8-13(14)12-16-10-6-2-3-7-11-17/h4-5,8-9,16-17H,2-3,6-7,10-12H2,1H3. The molecule has 1 rings (SSSR count). The maximum atomic E-state index is 11.6. The summed E-state index contributed by atoms with van der Waals surface area (Å²) in [4.78, 5) is 11.6. The third-order valence-corrected chi connectivity index (χ3v) is 3.00. The molecule has 4 nitrogen and oxygen atoms in total. The molecule has 1 aromatic carbocycles. The number of carbonyl (C=O) groups is 1. The number of methoxy groups -OCH3 is 1. The summed E-state index contributed by atoms with van der Waals surface area (Å²) in [6, 6.07) is 7.48. The third kappa shape index (κ3) is 5.85. The Morgan fingerprint density at radius 2 is 1.95 bits per heavy atom. The van der Waals surface area contributed by atoms with Crippen LogP contribution < -0.4 is 5.32 Å². The van der Waals surface area contributed by atoms with Crippen LogP contribution in [0.15, 0.2) is 24.3 Å². The molecule has 1 aromatic rings. The van der Waals surface area contributed by atoms with Crippen molar-refractivity contribution in [2.75, 3.05) is 20.3 Å². The molecule has 0 unspecified atom stereocenters. The highest BCUT2D eigenvalue weighted by Gasteiger charge is 2.09. The maximum absolute atomic E-state index is 11.6. The van der Waals surface area contributed by atoms with Crippen LogP contribution in [0.2, 0.25) is 0 Å². The Morgan fingerprint density at radius 3 is 2.68 bits per heavy atom. The molecule has 0 aliphatic heterocycles. The second-order valence-electron chi connectivity index (χ2n) is 4.46. The number of benzene rings is 1. The van der Waals surface area contributed by atoms with Crippen molar-refractivity contribution in [1.82, 2.24) is 5.32 Å². The van der Waals surface area contributed by atoms with E-state index < -0.39 is 0 Å². The number of rotatable bonds is 9. The number of unbranched alkanes of at least 4 members (excludes halogenated alkanes) is 3. The van der Waals surface area contributed by atoms with Crippen LogP contribution in [0.4, 0.5) is 0 Å². The van der Waals surface area contributed by atoms with Gasteiger partial charge in [-0.05, 0) is 31.0 Å². The molecule has 4 heteroatoms. The number of nitrogens with one attached hydrogen (secondary N) is 1. The fraction of sp³-hybridized carbons (Fsp3) is 0.533. The van der Waals surface area contributed by atoms with Crippen molar-refractivity contribution in [3.05, 3.63) is 35.4 Å². The van der Waals surface area contributed by atoms with Gasteiger partial charge in [-0.25, -0.2) is 4.79 Å². The molecule has 2 N–H and O–H groups in total. The Labute approximate surface area is 114 Å². The van der Waals surface area contributed by atoms with E-state index in [0.717, 1.165) is 37.8 Å². The molecule has 0 heterocycles. The number of esters is 1. The lowest BCUT2D eigenvalue weighted by atomic mass is 10.1. The van der Waals surface area contributed by atoms with E-state index in [2.05, 4.69) is 5.32 Å². The Kier molecular flexibility index (Phi) is 7.86. The number of hydrogen-bond acceptors (Lipinski definition) is 4. The zero-order valence-electron chi connectivity index (χ0n) is 11.5. The van der Waals surface area contributed by atoms with E-state index >= 15 is 0 Å². The molecular weight excluding hydrogens is 242 g/mol. The Balaban J connectivity index is 2.31. The van der Waals surface area contributed by atoms with Crippen molar-refractivity contribution in [2.45, 2.75) is 32.2 Å². The van der Waals surface area contributed by atoms with E-state index in [1.165, 1.54) is 7.11 Å². The first-order valence-corrected chi connectivity index (χ1v) is 6.77. The molecule has 0 saturated heterocycles. The van der Waals surface area contributed by atoms with Gasteiger partial charge < -0.3 is 15.2 Å². The van der Waals surface area contributed by atoms with Gasteiger partial charge in [0.1, 0.15) is 0 Å². The van der Waals surface area contributed by atoms with Crippen molar-refractivity contribution >= 4 is 5.97 Å². The SMILES string of the molecule is COC(=O)c1ccccc1CNCCCCCCO. The Bertz CT molecular complexity index is 379. The summed E-state index contributed by atoms with van der Waals surface area (Å²) in [5, 5.41) is 12.0. The minimum absolute atomic E-state index is 0.278. The monoisotopic (exact) mass is 265 g/mol. The predicted molar refractivity (Wildman–Crippen MR) is 75.0 cm³/mol. The highest BCUT2D eigenvalue weighted by Crippen LogP contribution is 2.09. The van der Waals surface area contributed by atoms with Gasteiger partial charge in [-0.2, -0.15) is 0 Å². The first kappa shape index (κ1) is 15.7. The first-order chi connectivity index (χ1) is 9.29. The number of aliphatic hydroxyl groups is 1. The van der Waals surface area contributed by atoms with Crippen molar-refractivity contribution in [3.8, 4) is 0 Å². The molecule has 0 amide bonds. The van der Waals surface area contributed by atoms with Crippen molar-refractivity contribution in [3.63, 3.8) is 0 Å². The smallest absolute Gasteiger partial charge is 0.338 e. The summed E-state index contributed by atoms with van der Waals surface area (Å²) in [7, 11) is 1.40. The molecule has 0 atom stereocenters. The van der Waals surface area contributed by atoms with Crippen LogP contribution in [0.5, 0.6) is 0 Å². The summed E-state index contributed by atoms with van der Waals surface area (Å²) < 4.78 is 4.76. The molecule has 0 radical (unpaired) electrons. The van der Waals surface area contributed by atoms with E-state index in [9.17, 15) is 4.79 Å². The van der Waals surface area contributed by atoms with Gasteiger partial charge >= 0.3 is 5.97 Å². The molecule has 0 saturated carbocycles. The molecule has 0 aromatic heterocycles. The Morgan fingerprint density at radius 1 is 1.21 bits per heavy atom. The van der Waals surface area contributed by atoms with Gasteiger partial charge in [-0.15, -0.1) is 0 Å². The highest BCUT2D eigenvalue weighted by molar-refractivity contribution is 5.90. The minimum atomic E-state index is -0.291. The van der Waals surface area contributed by atoms with Gasteiger partial charge in [-0.3, -0.25) is 0 Å². The van der Waals surface area contributed by atoms with Crippen LogP contribution in [0.1, 0.15) is 41.6 Å². The summed E-state index contributed by atoms with van der Waals surface area (Å²) in [5.41, 5.74) is 1.59. The van der Waals surface area contributed by atoms with Gasteiger partial charge in [0.2, 0.25) is 0 Å². The van der Waals surface area contributed by atoms with Gasteiger partial charge in [0, 0.05) is 13.2 Å². The van der Waals surface area contributed by atoms with Gasteiger partial charge in [-0.1, -0.05) is 31.0 Å². The molecule has 0 bridgehead atoms. The Hall–Kier alpha value is -1.39. The van der Waals surface area contributed by atoms with Gasteiger partial charge in [0.15, 0.2) is 0 Å². The fourth-order valence-corrected chi connectivity index (χ4v) is 1.92. The van der Waals surface area contributed by atoms with Gasteiger partial charge in [0.25, 0.3) is 0 Å². The molecule has 106 valence electrons. The van der Waals surface area contributed by atoms with Crippen LogP contribution >= 0.6 is 0 Å². The maximum Gasteiger partial charge on any atom is 0.338 e. The van der Waals surface area contributed by atoms with Crippen LogP contribution in [0, 0.1) is 0 Å². The van der Waals surface area contributed by atoms with E-state index in [-0.39, 0.29) is 12.6 Å². The number of ether oxygens (including phenoxy) is 1. The summed E-state index contributed by atoms with van der Waals surface area (Å²) in [5.74, 6) is -0.291. The van der Waals surface area contributed by atoms with E-state index in [1.807, 2.05) is 18.2 Å². The summed E-state index contributed by atoms with van der Waals surface area (Å²) in [6.45, 7) is 1.87. The lowest BCUT2D eigenvalue weighted by Crippen LogP contribution is -2.17. The van der Waals surface area contributed by atoms with E-state index in [4.69, 9.17) is 9.84 Å². The highest BCUT2D eigenvalue weighted by atomic mass is 16.5. The normalized spacial score (nSPS) is 10.4. The van der Waals surface area contributed by atoms with Crippen LogP contribution in [-0.4, -0.2) is 31.3 Å². The van der Waals surface area contributed by atoms with E-state index in [1.54, 1.807) is 6.07 Å². The zero-order chi connectivity index (χ0) is 13.9. The molecule has 0 aliphatic carbocycles. The molecular formula is C15H23NO3. The number of aliphatic hydroxyl groups excluding tert-OH is 1. The van der Waals surface area contributed by atoms with Crippen LogP contribution in [-0.2, 0) is 11.3 Å². The van der Waals surface area contributed by atoms with Crippen molar-refractivity contribution < 1.29 is 14.6 Å².